The van der Waals surface area contributed by atoms with Crippen LogP contribution in [0.1, 0.15) is 0 Å². The lowest BCUT2D eigenvalue weighted by Crippen LogP contribution is -2.10. The first-order valence-electron chi connectivity index (χ1n) is 23.1. The third kappa shape index (κ3) is 7.43. The summed E-state index contributed by atoms with van der Waals surface area (Å²) in [6, 6.07) is 99.4. The quantitative estimate of drug-likeness (QED) is 0.131. The number of benzene rings is 12. The van der Waals surface area contributed by atoms with Crippen LogP contribution in [0.25, 0.3) is 99.1 Å². The summed E-state index contributed by atoms with van der Waals surface area (Å²) in [6.45, 7) is 0. The minimum Gasteiger partial charge on any atom is -0.310 e. The Kier molecular flexibility index (Phi) is 10.3. The summed E-state index contributed by atoms with van der Waals surface area (Å²) in [5.41, 5.74) is 17.8. The molecule has 0 unspecified atom stereocenters. The number of fused-ring (bicyclic) bond motifs is 4. The van der Waals surface area contributed by atoms with Gasteiger partial charge in [-0.25, -0.2) is 0 Å². The van der Waals surface area contributed by atoms with Crippen LogP contribution in [0.4, 0.5) is 17.1 Å². The van der Waals surface area contributed by atoms with Crippen LogP contribution in [0.3, 0.4) is 0 Å². The van der Waals surface area contributed by atoms with E-state index in [2.05, 4.69) is 278 Å². The fourth-order valence-corrected chi connectivity index (χ4v) is 10.1. The molecular formula is C66H45N. The van der Waals surface area contributed by atoms with Crippen LogP contribution in [0.2, 0.25) is 0 Å². The first-order valence-corrected chi connectivity index (χ1v) is 23.1. The predicted molar refractivity (Wildman–Crippen MR) is 286 cm³/mol. The lowest BCUT2D eigenvalue weighted by atomic mass is 9.87. The SMILES string of the molecule is c1ccc(-c2ccccc2-c2ccccc2-c2ccccc2-c2ccc(N(c3ccc(-c4ccc(-c5cccc6ccccc56)cc4)cc3)c3cc4ccccc4c4ccccc34)cc2)cc1. The molecule has 0 aliphatic rings. The highest BCUT2D eigenvalue weighted by atomic mass is 15.1. The molecule has 0 bridgehead atoms. The van der Waals surface area contributed by atoms with Gasteiger partial charge in [-0.15, -0.1) is 0 Å². The van der Waals surface area contributed by atoms with E-state index in [-0.39, 0.29) is 0 Å². The van der Waals surface area contributed by atoms with E-state index in [1.165, 1.54) is 93.5 Å². The van der Waals surface area contributed by atoms with Crippen molar-refractivity contribution >= 4 is 49.4 Å². The molecule has 0 heterocycles. The van der Waals surface area contributed by atoms with Gasteiger partial charge in [-0.05, 0) is 124 Å². The van der Waals surface area contributed by atoms with Crippen molar-refractivity contribution in [3.63, 3.8) is 0 Å². The fraction of sp³-hybridized carbons (Fsp3) is 0. The van der Waals surface area contributed by atoms with Gasteiger partial charge in [0.1, 0.15) is 0 Å². The summed E-state index contributed by atoms with van der Waals surface area (Å²) >= 11 is 0. The number of hydrogen-bond donors (Lipinski definition) is 0. The smallest absolute Gasteiger partial charge is 0.0546 e. The van der Waals surface area contributed by atoms with Crippen molar-refractivity contribution in [2.75, 3.05) is 4.90 Å². The minimum absolute atomic E-state index is 1.09. The highest BCUT2D eigenvalue weighted by molar-refractivity contribution is 6.14. The van der Waals surface area contributed by atoms with Crippen LogP contribution in [0.5, 0.6) is 0 Å². The second-order valence-corrected chi connectivity index (χ2v) is 17.2. The molecule has 0 saturated heterocycles. The van der Waals surface area contributed by atoms with E-state index in [9.17, 15) is 0 Å². The molecule has 0 aliphatic heterocycles. The molecule has 314 valence electrons. The maximum Gasteiger partial charge on any atom is 0.0546 e. The second-order valence-electron chi connectivity index (χ2n) is 17.2. The first kappa shape index (κ1) is 39.8. The molecule has 12 aromatic carbocycles. The molecule has 0 amide bonds. The molecular weight excluding hydrogens is 807 g/mol. The predicted octanol–water partition coefficient (Wildman–Crippen LogP) is 18.6. The Morgan fingerprint density at radius 1 is 0.194 bits per heavy atom. The Hall–Kier alpha value is -8.78. The van der Waals surface area contributed by atoms with Gasteiger partial charge in [-0.3, -0.25) is 0 Å². The molecule has 0 radical (unpaired) electrons. The van der Waals surface area contributed by atoms with Crippen molar-refractivity contribution in [1.29, 1.82) is 0 Å². The topological polar surface area (TPSA) is 3.24 Å². The van der Waals surface area contributed by atoms with E-state index in [0.29, 0.717) is 0 Å². The van der Waals surface area contributed by atoms with Gasteiger partial charge in [0.25, 0.3) is 0 Å². The Labute approximate surface area is 392 Å². The fourth-order valence-electron chi connectivity index (χ4n) is 10.1. The average molecular weight is 852 g/mol. The molecule has 1 nitrogen and oxygen atoms in total. The monoisotopic (exact) mass is 851 g/mol. The van der Waals surface area contributed by atoms with E-state index in [0.717, 1.165) is 22.6 Å². The zero-order valence-electron chi connectivity index (χ0n) is 36.9. The van der Waals surface area contributed by atoms with Crippen LogP contribution < -0.4 is 4.90 Å². The van der Waals surface area contributed by atoms with Gasteiger partial charge in [0.05, 0.1) is 5.69 Å². The van der Waals surface area contributed by atoms with Gasteiger partial charge < -0.3 is 4.90 Å². The average Bonchev–Trinajstić information content (AvgIpc) is 3.41. The molecule has 0 N–H and O–H groups in total. The molecule has 12 aromatic rings. The molecule has 0 spiro atoms. The highest BCUT2D eigenvalue weighted by Gasteiger charge is 2.20. The van der Waals surface area contributed by atoms with Gasteiger partial charge in [0, 0.05) is 16.8 Å². The van der Waals surface area contributed by atoms with Crippen molar-refractivity contribution < 1.29 is 0 Å². The Morgan fingerprint density at radius 3 is 1.15 bits per heavy atom. The lowest BCUT2D eigenvalue weighted by molar-refractivity contribution is 1.30. The zero-order valence-corrected chi connectivity index (χ0v) is 36.9. The zero-order chi connectivity index (χ0) is 44.5. The van der Waals surface area contributed by atoms with E-state index >= 15 is 0 Å². The van der Waals surface area contributed by atoms with Crippen LogP contribution >= 0.6 is 0 Å². The summed E-state index contributed by atoms with van der Waals surface area (Å²) in [4.78, 5) is 2.42. The van der Waals surface area contributed by atoms with Crippen molar-refractivity contribution in [2.24, 2.45) is 0 Å². The maximum atomic E-state index is 2.42. The first-order chi connectivity index (χ1) is 33.2. The molecule has 0 fully saturated rings. The summed E-state index contributed by atoms with van der Waals surface area (Å²) in [5.74, 6) is 0. The summed E-state index contributed by atoms with van der Waals surface area (Å²) in [7, 11) is 0. The molecule has 0 saturated carbocycles. The third-order valence-electron chi connectivity index (χ3n) is 13.3. The summed E-state index contributed by atoms with van der Waals surface area (Å²) in [5, 5.41) is 7.43. The number of nitrogens with zero attached hydrogens (tertiary/aromatic N) is 1. The standard InChI is InChI=1S/C66H45N/c1-2-17-48(18-3-1)57-23-8-10-26-60(57)63-29-12-13-30-64(63)61-27-11-9-24-58(61)51-39-43-54(44-40-51)67(66-45-52-20-5-7-25-59(52)62-28-14-15-31-65(62)66)53-41-37-47(38-42-53)46-33-35-50(36-34-46)56-32-16-21-49-19-4-6-22-55(49)56/h1-45H. The van der Waals surface area contributed by atoms with Crippen molar-refractivity contribution in [3.8, 4) is 66.8 Å². The summed E-state index contributed by atoms with van der Waals surface area (Å²) in [6.07, 6.45) is 0. The Balaban J connectivity index is 0.940. The third-order valence-corrected chi connectivity index (χ3v) is 13.3. The van der Waals surface area contributed by atoms with Gasteiger partial charge in [0.15, 0.2) is 0 Å². The molecule has 67 heavy (non-hydrogen) atoms. The van der Waals surface area contributed by atoms with Gasteiger partial charge in [-0.2, -0.15) is 0 Å². The Morgan fingerprint density at radius 2 is 0.552 bits per heavy atom. The molecule has 0 aromatic heterocycles. The lowest BCUT2D eigenvalue weighted by Gasteiger charge is -2.28. The number of hydrogen-bond acceptors (Lipinski definition) is 1. The highest BCUT2D eigenvalue weighted by Crippen LogP contribution is 2.45. The molecule has 0 atom stereocenters. The molecule has 1 heteroatoms. The van der Waals surface area contributed by atoms with E-state index in [4.69, 9.17) is 0 Å². The molecule has 0 aliphatic carbocycles. The van der Waals surface area contributed by atoms with Crippen LogP contribution in [-0.4, -0.2) is 0 Å². The second kappa shape index (κ2) is 17.3. The largest absolute Gasteiger partial charge is 0.310 e. The van der Waals surface area contributed by atoms with Gasteiger partial charge in [0.2, 0.25) is 0 Å². The van der Waals surface area contributed by atoms with Gasteiger partial charge >= 0.3 is 0 Å². The van der Waals surface area contributed by atoms with E-state index in [1.807, 2.05) is 0 Å². The van der Waals surface area contributed by atoms with Gasteiger partial charge in [-0.1, -0.05) is 243 Å². The number of anilines is 3. The minimum atomic E-state index is 1.09. The maximum absolute atomic E-state index is 2.42. The van der Waals surface area contributed by atoms with E-state index in [1.54, 1.807) is 0 Å². The normalized spacial score (nSPS) is 11.3. The van der Waals surface area contributed by atoms with Crippen molar-refractivity contribution in [2.45, 2.75) is 0 Å². The van der Waals surface area contributed by atoms with Crippen LogP contribution in [-0.2, 0) is 0 Å². The van der Waals surface area contributed by atoms with Crippen LogP contribution in [0, 0.1) is 0 Å². The summed E-state index contributed by atoms with van der Waals surface area (Å²) < 4.78 is 0. The number of rotatable bonds is 9. The van der Waals surface area contributed by atoms with Crippen LogP contribution in [0.15, 0.2) is 273 Å². The van der Waals surface area contributed by atoms with E-state index < -0.39 is 0 Å². The van der Waals surface area contributed by atoms with Crippen molar-refractivity contribution in [3.05, 3.63) is 273 Å². The molecule has 12 rings (SSSR count). The van der Waals surface area contributed by atoms with Crippen molar-refractivity contribution in [1.82, 2.24) is 0 Å². The Bertz CT molecular complexity index is 3710.